The van der Waals surface area contributed by atoms with Crippen molar-refractivity contribution < 1.29 is 27.8 Å². The van der Waals surface area contributed by atoms with E-state index < -0.39 is 6.36 Å². The Labute approximate surface area is 150 Å². The molecule has 0 amide bonds. The van der Waals surface area contributed by atoms with Crippen LogP contribution in [0.1, 0.15) is 30.5 Å². The van der Waals surface area contributed by atoms with Crippen LogP contribution >= 0.6 is 0 Å². The molecular formula is C19H22F3NO3. The number of fused-ring (bicyclic) bond motifs is 1. The molecule has 3 N–H and O–H groups in total. The van der Waals surface area contributed by atoms with Crippen molar-refractivity contribution in [3.63, 3.8) is 0 Å². The summed E-state index contributed by atoms with van der Waals surface area (Å²) >= 11 is 0. The monoisotopic (exact) mass is 369 g/mol. The second-order valence-electron chi connectivity index (χ2n) is 5.40. The number of rotatable bonds is 4. The first-order valence-electron chi connectivity index (χ1n) is 8.40. The van der Waals surface area contributed by atoms with E-state index in [-0.39, 0.29) is 18.9 Å². The van der Waals surface area contributed by atoms with Crippen molar-refractivity contribution in [2.24, 2.45) is 5.73 Å². The minimum Gasteiger partial charge on any atom is -0.492 e. The Morgan fingerprint density at radius 1 is 1.19 bits per heavy atom. The molecule has 0 fully saturated rings. The van der Waals surface area contributed by atoms with Crippen LogP contribution in [0.2, 0.25) is 0 Å². The van der Waals surface area contributed by atoms with Gasteiger partial charge in [-0.3, -0.25) is 0 Å². The fourth-order valence-corrected chi connectivity index (χ4v) is 2.93. The van der Waals surface area contributed by atoms with Crippen molar-refractivity contribution >= 4 is 0 Å². The highest BCUT2D eigenvalue weighted by molar-refractivity contribution is 5.75. The van der Waals surface area contributed by atoms with Gasteiger partial charge < -0.3 is 20.3 Å². The third-order valence-corrected chi connectivity index (χ3v) is 3.96. The highest BCUT2D eigenvalue weighted by Crippen LogP contribution is 2.41. The molecular weight excluding hydrogens is 347 g/mol. The Bertz CT molecular complexity index is 743. The Morgan fingerprint density at radius 2 is 1.85 bits per heavy atom. The van der Waals surface area contributed by atoms with E-state index in [4.69, 9.17) is 10.5 Å². The van der Waals surface area contributed by atoms with Crippen molar-refractivity contribution in [1.82, 2.24) is 0 Å². The Kier molecular flexibility index (Phi) is 6.50. The number of aliphatic hydroxyl groups is 1. The normalized spacial score (nSPS) is 12.7. The van der Waals surface area contributed by atoms with Crippen LogP contribution in [0.15, 0.2) is 30.3 Å². The summed E-state index contributed by atoms with van der Waals surface area (Å²) in [4.78, 5) is 0. The number of ether oxygens (including phenoxy) is 2. The summed E-state index contributed by atoms with van der Waals surface area (Å²) < 4.78 is 46.3. The molecule has 1 heterocycles. The van der Waals surface area contributed by atoms with Gasteiger partial charge in [0.1, 0.15) is 11.5 Å². The number of aliphatic hydroxyl groups excluding tert-OH is 1. The number of hydrogen-bond acceptors (Lipinski definition) is 4. The van der Waals surface area contributed by atoms with Crippen molar-refractivity contribution in [2.75, 3.05) is 6.61 Å². The van der Waals surface area contributed by atoms with Gasteiger partial charge in [0, 0.05) is 24.1 Å². The van der Waals surface area contributed by atoms with Crippen LogP contribution in [-0.2, 0) is 19.6 Å². The Morgan fingerprint density at radius 3 is 2.38 bits per heavy atom. The molecule has 0 aromatic heterocycles. The first-order valence-corrected chi connectivity index (χ1v) is 8.40. The number of benzene rings is 2. The van der Waals surface area contributed by atoms with E-state index in [0.717, 1.165) is 22.3 Å². The third-order valence-electron chi connectivity index (χ3n) is 3.96. The number of halogens is 3. The summed E-state index contributed by atoms with van der Waals surface area (Å²) in [6.45, 7) is 4.63. The largest absolute Gasteiger partial charge is 0.573 e. The second kappa shape index (κ2) is 8.42. The first-order chi connectivity index (χ1) is 12.4. The first kappa shape index (κ1) is 20.1. The lowest BCUT2D eigenvalue weighted by molar-refractivity contribution is -0.274. The van der Waals surface area contributed by atoms with Crippen LogP contribution in [-0.4, -0.2) is 18.1 Å². The quantitative estimate of drug-likeness (QED) is 0.849. The van der Waals surface area contributed by atoms with Gasteiger partial charge in [0.2, 0.25) is 0 Å². The molecule has 3 rings (SSSR count). The van der Waals surface area contributed by atoms with Gasteiger partial charge in [-0.05, 0) is 34.9 Å². The predicted octanol–water partition coefficient (Wildman–Crippen LogP) is 4.16. The predicted molar refractivity (Wildman–Crippen MR) is 92.9 cm³/mol. The highest BCUT2D eigenvalue weighted by atomic mass is 19.4. The third kappa shape index (κ3) is 4.28. The standard InChI is InChI=1S/C17H16F3NO3.C2H6/c18-17(19,20)24-12-3-1-10(2-4-12)14-7-11(8-21)15(9-22)13-5-6-23-16(13)14;1-2/h1-4,7,22H,5-6,8-9,21H2;1-2H3. The molecule has 0 aliphatic carbocycles. The van der Waals surface area contributed by atoms with Crippen molar-refractivity contribution in [2.45, 2.75) is 39.8 Å². The zero-order chi connectivity index (χ0) is 19.3. The zero-order valence-corrected chi connectivity index (χ0v) is 14.7. The smallest absolute Gasteiger partial charge is 0.492 e. The minimum absolute atomic E-state index is 0.128. The fourth-order valence-electron chi connectivity index (χ4n) is 2.93. The van der Waals surface area contributed by atoms with Crippen LogP contribution in [0.4, 0.5) is 13.2 Å². The molecule has 0 saturated heterocycles. The molecule has 1 aliphatic heterocycles. The van der Waals surface area contributed by atoms with Crippen LogP contribution in [0, 0.1) is 0 Å². The SMILES string of the molecule is CC.NCc1cc(-c2ccc(OC(F)(F)F)cc2)c2c(c1CO)CCO2. The molecule has 0 radical (unpaired) electrons. The van der Waals surface area contributed by atoms with Crippen LogP contribution < -0.4 is 15.2 Å². The zero-order valence-electron chi connectivity index (χ0n) is 14.7. The molecule has 0 unspecified atom stereocenters. The molecule has 142 valence electrons. The second-order valence-corrected chi connectivity index (χ2v) is 5.40. The molecule has 0 atom stereocenters. The lowest BCUT2D eigenvalue weighted by Gasteiger charge is -2.16. The van der Waals surface area contributed by atoms with Crippen molar-refractivity contribution in [1.29, 1.82) is 0 Å². The average Bonchev–Trinajstić information content (AvgIpc) is 3.11. The molecule has 0 saturated carbocycles. The summed E-state index contributed by atoms with van der Waals surface area (Å²) in [6, 6.07) is 7.41. The van der Waals surface area contributed by atoms with E-state index in [0.29, 0.717) is 24.3 Å². The summed E-state index contributed by atoms with van der Waals surface area (Å²) in [7, 11) is 0. The van der Waals surface area contributed by atoms with Gasteiger partial charge in [-0.2, -0.15) is 0 Å². The van der Waals surface area contributed by atoms with E-state index in [2.05, 4.69) is 4.74 Å². The van der Waals surface area contributed by atoms with E-state index >= 15 is 0 Å². The summed E-state index contributed by atoms with van der Waals surface area (Å²) in [6.07, 6.45) is -4.05. The summed E-state index contributed by atoms with van der Waals surface area (Å²) in [5.41, 5.74) is 9.68. The van der Waals surface area contributed by atoms with Gasteiger partial charge in [-0.15, -0.1) is 13.2 Å². The molecule has 2 aromatic rings. The fraction of sp³-hybridized carbons (Fsp3) is 0.368. The minimum atomic E-state index is -4.72. The van der Waals surface area contributed by atoms with E-state index in [1.54, 1.807) is 0 Å². The molecule has 4 nitrogen and oxygen atoms in total. The Balaban J connectivity index is 0.00000117. The number of hydrogen-bond donors (Lipinski definition) is 2. The van der Waals surface area contributed by atoms with Crippen molar-refractivity contribution in [3.8, 4) is 22.6 Å². The lowest BCUT2D eigenvalue weighted by atomic mass is 9.92. The van der Waals surface area contributed by atoms with Crippen molar-refractivity contribution in [3.05, 3.63) is 47.0 Å². The summed E-state index contributed by atoms with van der Waals surface area (Å²) in [5.74, 6) is 0.371. The van der Waals surface area contributed by atoms with Gasteiger partial charge in [0.15, 0.2) is 0 Å². The average molecular weight is 369 g/mol. The van der Waals surface area contributed by atoms with Gasteiger partial charge in [-0.25, -0.2) is 0 Å². The maximum absolute atomic E-state index is 12.2. The van der Waals surface area contributed by atoms with Crippen LogP contribution in [0.3, 0.4) is 0 Å². The lowest BCUT2D eigenvalue weighted by Crippen LogP contribution is -2.16. The van der Waals surface area contributed by atoms with Crippen LogP contribution in [0.25, 0.3) is 11.1 Å². The molecule has 26 heavy (non-hydrogen) atoms. The molecule has 0 bridgehead atoms. The highest BCUT2D eigenvalue weighted by Gasteiger charge is 2.31. The van der Waals surface area contributed by atoms with Gasteiger partial charge in [0.05, 0.1) is 13.2 Å². The van der Waals surface area contributed by atoms with Crippen LogP contribution in [0.5, 0.6) is 11.5 Å². The van der Waals surface area contributed by atoms with E-state index in [1.807, 2.05) is 19.9 Å². The molecule has 0 spiro atoms. The van der Waals surface area contributed by atoms with E-state index in [1.165, 1.54) is 24.3 Å². The number of nitrogens with two attached hydrogens (primary N) is 1. The molecule has 1 aliphatic rings. The van der Waals surface area contributed by atoms with Gasteiger partial charge in [0.25, 0.3) is 0 Å². The molecule has 7 heteroatoms. The Hall–Kier alpha value is -2.25. The van der Waals surface area contributed by atoms with E-state index in [9.17, 15) is 18.3 Å². The molecule has 2 aromatic carbocycles. The van der Waals surface area contributed by atoms with Gasteiger partial charge in [-0.1, -0.05) is 26.0 Å². The summed E-state index contributed by atoms with van der Waals surface area (Å²) in [5, 5.41) is 9.59. The maximum atomic E-state index is 12.2. The van der Waals surface area contributed by atoms with Gasteiger partial charge >= 0.3 is 6.36 Å². The number of alkyl halides is 3. The topological polar surface area (TPSA) is 64.7 Å². The maximum Gasteiger partial charge on any atom is 0.573 e.